The molecule has 0 aliphatic carbocycles. The largest absolute Gasteiger partial charge is 0.496 e. The van der Waals surface area contributed by atoms with E-state index in [1.54, 1.807) is 19.2 Å². The van der Waals surface area contributed by atoms with Gasteiger partial charge in [-0.25, -0.2) is 9.37 Å². The highest BCUT2D eigenvalue weighted by Gasteiger charge is 2.10. The molecule has 0 atom stereocenters. The smallest absolute Gasteiger partial charge is 0.226 e. The van der Waals surface area contributed by atoms with Crippen LogP contribution in [0.4, 0.5) is 4.39 Å². The molecule has 0 aliphatic heterocycles. The minimum absolute atomic E-state index is 0.0855. The number of amides is 1. The lowest BCUT2D eigenvalue weighted by atomic mass is 10.1. The molecule has 0 fully saturated rings. The van der Waals surface area contributed by atoms with Gasteiger partial charge in [0.15, 0.2) is 0 Å². The average molecular weight is 384 g/mol. The van der Waals surface area contributed by atoms with E-state index in [2.05, 4.69) is 16.4 Å². The third kappa shape index (κ3) is 5.14. The summed E-state index contributed by atoms with van der Waals surface area (Å²) in [7, 11) is 1.64. The van der Waals surface area contributed by atoms with Crippen LogP contribution in [0.15, 0.2) is 47.8 Å². The molecular formula is C21H21FN2O2S. The van der Waals surface area contributed by atoms with Crippen molar-refractivity contribution in [3.63, 3.8) is 0 Å². The summed E-state index contributed by atoms with van der Waals surface area (Å²) in [5.41, 5.74) is 3.63. The summed E-state index contributed by atoms with van der Waals surface area (Å²) in [6.07, 6.45) is 0.902. The van der Waals surface area contributed by atoms with Gasteiger partial charge in [0.25, 0.3) is 0 Å². The fourth-order valence-corrected chi connectivity index (χ4v) is 3.63. The number of methoxy groups -OCH3 is 1. The number of nitrogens with zero attached hydrogens (tertiary/aromatic N) is 1. The molecule has 0 aliphatic rings. The van der Waals surface area contributed by atoms with Crippen molar-refractivity contribution < 1.29 is 13.9 Å². The summed E-state index contributed by atoms with van der Waals surface area (Å²) in [6, 6.07) is 12.3. The van der Waals surface area contributed by atoms with Crippen molar-refractivity contribution in [3.8, 4) is 16.3 Å². The Labute approximate surface area is 162 Å². The monoisotopic (exact) mass is 384 g/mol. The summed E-state index contributed by atoms with van der Waals surface area (Å²) < 4.78 is 18.7. The van der Waals surface area contributed by atoms with Gasteiger partial charge >= 0.3 is 0 Å². The van der Waals surface area contributed by atoms with E-state index in [1.807, 2.05) is 24.4 Å². The molecule has 0 radical (unpaired) electrons. The highest BCUT2D eigenvalue weighted by atomic mass is 32.1. The van der Waals surface area contributed by atoms with E-state index in [-0.39, 0.29) is 18.1 Å². The number of thiazole rings is 1. The minimum Gasteiger partial charge on any atom is -0.496 e. The van der Waals surface area contributed by atoms with Gasteiger partial charge in [0.05, 0.1) is 19.2 Å². The molecule has 0 saturated carbocycles. The molecule has 0 bridgehead atoms. The van der Waals surface area contributed by atoms with Crippen molar-refractivity contribution in [3.05, 3.63) is 70.5 Å². The number of rotatable bonds is 7. The van der Waals surface area contributed by atoms with Crippen LogP contribution in [0, 0.1) is 12.7 Å². The number of ether oxygens (including phenoxy) is 1. The summed E-state index contributed by atoms with van der Waals surface area (Å²) >= 11 is 1.41. The van der Waals surface area contributed by atoms with Gasteiger partial charge < -0.3 is 10.1 Å². The number of hydrogen-bond donors (Lipinski definition) is 1. The zero-order valence-corrected chi connectivity index (χ0v) is 16.1. The Bertz CT molecular complexity index is 939. The first-order chi connectivity index (χ1) is 13.0. The van der Waals surface area contributed by atoms with Crippen LogP contribution in [0.5, 0.6) is 5.75 Å². The van der Waals surface area contributed by atoms with Crippen LogP contribution >= 0.6 is 11.3 Å². The molecule has 4 nitrogen and oxygen atoms in total. The fraction of sp³-hybridized carbons (Fsp3) is 0.238. The van der Waals surface area contributed by atoms with Crippen molar-refractivity contribution in [2.45, 2.75) is 19.8 Å². The van der Waals surface area contributed by atoms with Gasteiger partial charge in [-0.2, -0.15) is 0 Å². The van der Waals surface area contributed by atoms with Crippen molar-refractivity contribution in [1.29, 1.82) is 0 Å². The van der Waals surface area contributed by atoms with Crippen LogP contribution in [0.2, 0.25) is 0 Å². The normalized spacial score (nSPS) is 10.6. The van der Waals surface area contributed by atoms with Crippen molar-refractivity contribution in [2.75, 3.05) is 13.7 Å². The second kappa shape index (κ2) is 8.77. The standard InChI is InChI=1S/C21H21FN2O2S/c1-14-6-7-19(26-2)15(10-14)8-9-23-20(25)12-18-13-27-21(24-18)16-4-3-5-17(22)11-16/h3-7,10-11,13H,8-9,12H2,1-2H3,(H,23,25). The molecule has 0 saturated heterocycles. The van der Waals surface area contributed by atoms with Gasteiger partial charge in [-0.3, -0.25) is 4.79 Å². The SMILES string of the molecule is COc1ccc(C)cc1CCNC(=O)Cc1csc(-c2cccc(F)c2)n1. The average Bonchev–Trinajstić information content (AvgIpc) is 3.10. The molecule has 1 amide bonds. The number of carbonyl (C=O) groups is 1. The lowest BCUT2D eigenvalue weighted by Crippen LogP contribution is -2.27. The van der Waals surface area contributed by atoms with Crippen molar-refractivity contribution in [2.24, 2.45) is 0 Å². The van der Waals surface area contributed by atoms with E-state index in [0.717, 1.165) is 22.4 Å². The van der Waals surface area contributed by atoms with Crippen LogP contribution < -0.4 is 10.1 Å². The first-order valence-corrected chi connectivity index (χ1v) is 9.53. The third-order valence-electron chi connectivity index (χ3n) is 4.12. The number of halogens is 1. The number of aryl methyl sites for hydroxylation is 1. The zero-order chi connectivity index (χ0) is 19.2. The summed E-state index contributed by atoms with van der Waals surface area (Å²) in [5, 5.41) is 5.47. The molecule has 1 aromatic heterocycles. The van der Waals surface area contributed by atoms with Gasteiger partial charge in [0.2, 0.25) is 5.91 Å². The maximum absolute atomic E-state index is 13.3. The highest BCUT2D eigenvalue weighted by molar-refractivity contribution is 7.13. The number of nitrogens with one attached hydrogen (secondary N) is 1. The van der Waals surface area contributed by atoms with Crippen LogP contribution in [-0.2, 0) is 17.6 Å². The molecule has 1 heterocycles. The molecule has 0 spiro atoms. The molecule has 3 aromatic rings. The van der Waals surface area contributed by atoms with Gasteiger partial charge in [0.1, 0.15) is 16.6 Å². The number of hydrogen-bond acceptors (Lipinski definition) is 4. The maximum atomic E-state index is 13.3. The lowest BCUT2D eigenvalue weighted by molar-refractivity contribution is -0.120. The van der Waals surface area contributed by atoms with Crippen LogP contribution in [0.3, 0.4) is 0 Å². The molecule has 3 rings (SSSR count). The predicted molar refractivity (Wildman–Crippen MR) is 106 cm³/mol. The predicted octanol–water partition coefficient (Wildman–Crippen LogP) is 4.17. The fourth-order valence-electron chi connectivity index (χ4n) is 2.81. The van der Waals surface area contributed by atoms with E-state index in [4.69, 9.17) is 4.74 Å². The molecule has 1 N–H and O–H groups in total. The zero-order valence-electron chi connectivity index (χ0n) is 15.3. The molecule has 0 unspecified atom stereocenters. The highest BCUT2D eigenvalue weighted by Crippen LogP contribution is 2.24. The van der Waals surface area contributed by atoms with Gasteiger partial charge in [-0.15, -0.1) is 11.3 Å². The topological polar surface area (TPSA) is 51.2 Å². The van der Waals surface area contributed by atoms with E-state index in [1.165, 1.54) is 23.5 Å². The summed E-state index contributed by atoms with van der Waals surface area (Å²) in [4.78, 5) is 16.6. The Hall–Kier alpha value is -2.73. The van der Waals surface area contributed by atoms with E-state index in [9.17, 15) is 9.18 Å². The molecule has 27 heavy (non-hydrogen) atoms. The van der Waals surface area contributed by atoms with E-state index >= 15 is 0 Å². The Kier molecular flexibility index (Phi) is 6.19. The first kappa shape index (κ1) is 19.0. The molecule has 140 valence electrons. The second-order valence-electron chi connectivity index (χ2n) is 6.25. The Morgan fingerprint density at radius 1 is 1.26 bits per heavy atom. The minimum atomic E-state index is -0.298. The van der Waals surface area contributed by atoms with E-state index < -0.39 is 0 Å². The summed E-state index contributed by atoms with van der Waals surface area (Å²) in [6.45, 7) is 2.56. The number of aromatic nitrogens is 1. The second-order valence-corrected chi connectivity index (χ2v) is 7.10. The van der Waals surface area contributed by atoms with Crippen LogP contribution in [-0.4, -0.2) is 24.5 Å². The van der Waals surface area contributed by atoms with Crippen molar-refractivity contribution in [1.82, 2.24) is 10.3 Å². The molecule has 6 heteroatoms. The third-order valence-corrected chi connectivity index (χ3v) is 5.06. The Morgan fingerprint density at radius 3 is 2.89 bits per heavy atom. The quantitative estimate of drug-likeness (QED) is 0.665. The Morgan fingerprint density at radius 2 is 2.11 bits per heavy atom. The Balaban J connectivity index is 1.54. The van der Waals surface area contributed by atoms with Gasteiger partial charge in [0, 0.05) is 17.5 Å². The maximum Gasteiger partial charge on any atom is 0.226 e. The van der Waals surface area contributed by atoms with Crippen molar-refractivity contribution >= 4 is 17.2 Å². The lowest BCUT2D eigenvalue weighted by Gasteiger charge is -2.10. The number of benzene rings is 2. The summed E-state index contributed by atoms with van der Waals surface area (Å²) in [5.74, 6) is 0.445. The number of carbonyl (C=O) groups excluding carboxylic acids is 1. The van der Waals surface area contributed by atoms with Crippen LogP contribution in [0.1, 0.15) is 16.8 Å². The van der Waals surface area contributed by atoms with E-state index in [0.29, 0.717) is 23.7 Å². The first-order valence-electron chi connectivity index (χ1n) is 8.65. The van der Waals surface area contributed by atoms with Gasteiger partial charge in [-0.05, 0) is 37.1 Å². The molecule has 2 aromatic carbocycles. The van der Waals surface area contributed by atoms with Crippen LogP contribution in [0.25, 0.3) is 10.6 Å². The molecular weight excluding hydrogens is 363 g/mol. The van der Waals surface area contributed by atoms with Gasteiger partial charge in [-0.1, -0.05) is 29.8 Å².